The van der Waals surface area contributed by atoms with Crippen LogP contribution in [0.5, 0.6) is 0 Å². The summed E-state index contributed by atoms with van der Waals surface area (Å²) in [6.45, 7) is 2.03. The minimum atomic E-state index is -0.183. The largest absolute Gasteiger partial charge is 0.467 e. The second kappa shape index (κ2) is 3.63. The van der Waals surface area contributed by atoms with Crippen LogP contribution in [-0.2, 0) is 0 Å². The third-order valence-corrected chi connectivity index (χ3v) is 2.44. The molecule has 1 aromatic heterocycles. The molecular formula is C10H12N2O. The maximum atomic E-state index is 9.01. The zero-order chi connectivity index (χ0) is 9.10. The molecule has 13 heavy (non-hydrogen) atoms. The Labute approximate surface area is 77.6 Å². The Bertz CT molecular complexity index is 293. The molecule has 1 aliphatic rings. The van der Waals surface area contributed by atoms with Gasteiger partial charge in [-0.2, -0.15) is 5.26 Å². The van der Waals surface area contributed by atoms with Crippen LogP contribution < -0.4 is 0 Å². The van der Waals surface area contributed by atoms with Crippen LogP contribution in [0.3, 0.4) is 0 Å². The van der Waals surface area contributed by atoms with E-state index in [9.17, 15) is 0 Å². The number of nitriles is 1. The summed E-state index contributed by atoms with van der Waals surface area (Å²) in [5, 5.41) is 9.01. The molecule has 2 heterocycles. The summed E-state index contributed by atoms with van der Waals surface area (Å²) in [5.41, 5.74) is 0. The Balaban J connectivity index is 2.14. The van der Waals surface area contributed by atoms with Crippen LogP contribution >= 0.6 is 0 Å². The quantitative estimate of drug-likeness (QED) is 0.691. The van der Waals surface area contributed by atoms with Gasteiger partial charge in [0.2, 0.25) is 0 Å². The van der Waals surface area contributed by atoms with E-state index in [-0.39, 0.29) is 6.04 Å². The van der Waals surface area contributed by atoms with Gasteiger partial charge in [0.25, 0.3) is 0 Å². The average Bonchev–Trinajstić information content (AvgIpc) is 2.76. The average molecular weight is 176 g/mol. The van der Waals surface area contributed by atoms with Crippen molar-refractivity contribution in [2.24, 2.45) is 0 Å². The fourth-order valence-electron chi connectivity index (χ4n) is 1.77. The molecule has 0 radical (unpaired) electrons. The SMILES string of the molecule is N#CC(c1ccco1)N1CCCC1. The van der Waals surface area contributed by atoms with E-state index < -0.39 is 0 Å². The molecule has 0 saturated carbocycles. The molecule has 2 rings (SSSR count). The standard InChI is InChI=1S/C10H12N2O/c11-8-9(10-4-3-7-13-10)12-5-1-2-6-12/h3-4,7,9H,1-2,5-6H2. The molecule has 3 heteroatoms. The molecule has 3 nitrogen and oxygen atoms in total. The van der Waals surface area contributed by atoms with E-state index >= 15 is 0 Å². The van der Waals surface area contributed by atoms with Crippen molar-refractivity contribution in [3.05, 3.63) is 24.2 Å². The van der Waals surface area contributed by atoms with E-state index in [1.807, 2.05) is 12.1 Å². The van der Waals surface area contributed by atoms with Gasteiger partial charge in [-0.25, -0.2) is 0 Å². The summed E-state index contributed by atoms with van der Waals surface area (Å²) in [4.78, 5) is 2.17. The third kappa shape index (κ3) is 1.58. The topological polar surface area (TPSA) is 40.2 Å². The van der Waals surface area contributed by atoms with Gasteiger partial charge in [0.05, 0.1) is 12.3 Å². The van der Waals surface area contributed by atoms with Crippen molar-refractivity contribution >= 4 is 0 Å². The molecule has 0 amide bonds. The number of likely N-dealkylation sites (tertiary alicyclic amines) is 1. The van der Waals surface area contributed by atoms with E-state index in [0.29, 0.717) is 0 Å². The first-order valence-electron chi connectivity index (χ1n) is 4.59. The third-order valence-electron chi connectivity index (χ3n) is 2.44. The fraction of sp³-hybridized carbons (Fsp3) is 0.500. The first-order valence-corrected chi connectivity index (χ1v) is 4.59. The fourth-order valence-corrected chi connectivity index (χ4v) is 1.77. The summed E-state index contributed by atoms with van der Waals surface area (Å²) in [6.07, 6.45) is 4.01. The van der Waals surface area contributed by atoms with Gasteiger partial charge in [0.1, 0.15) is 5.76 Å². The highest BCUT2D eigenvalue weighted by atomic mass is 16.3. The van der Waals surface area contributed by atoms with Gasteiger partial charge in [0, 0.05) is 0 Å². The second-order valence-corrected chi connectivity index (χ2v) is 3.29. The Morgan fingerprint density at radius 3 is 2.77 bits per heavy atom. The normalized spacial score (nSPS) is 19.9. The monoisotopic (exact) mass is 176 g/mol. The maximum Gasteiger partial charge on any atom is 0.156 e. The zero-order valence-electron chi connectivity index (χ0n) is 7.44. The van der Waals surface area contributed by atoms with Gasteiger partial charge in [-0.1, -0.05) is 0 Å². The maximum absolute atomic E-state index is 9.01. The summed E-state index contributed by atoms with van der Waals surface area (Å²) in [6, 6.07) is 5.79. The first kappa shape index (κ1) is 8.33. The van der Waals surface area contributed by atoms with Crippen LogP contribution in [0.1, 0.15) is 24.6 Å². The van der Waals surface area contributed by atoms with Crippen LogP contribution in [-0.4, -0.2) is 18.0 Å². The van der Waals surface area contributed by atoms with E-state index in [1.165, 1.54) is 12.8 Å². The van der Waals surface area contributed by atoms with Crippen LogP contribution in [0.15, 0.2) is 22.8 Å². The molecule has 1 saturated heterocycles. The molecule has 1 atom stereocenters. The molecule has 1 fully saturated rings. The van der Waals surface area contributed by atoms with Crippen molar-refractivity contribution in [1.29, 1.82) is 5.26 Å². The highest BCUT2D eigenvalue weighted by Crippen LogP contribution is 2.24. The van der Waals surface area contributed by atoms with E-state index in [2.05, 4.69) is 11.0 Å². The lowest BCUT2D eigenvalue weighted by Crippen LogP contribution is -2.23. The molecule has 68 valence electrons. The first-order chi connectivity index (χ1) is 6.42. The lowest BCUT2D eigenvalue weighted by molar-refractivity contribution is 0.261. The predicted molar refractivity (Wildman–Crippen MR) is 47.9 cm³/mol. The van der Waals surface area contributed by atoms with Crippen LogP contribution in [0.4, 0.5) is 0 Å². The van der Waals surface area contributed by atoms with Crippen molar-refractivity contribution in [1.82, 2.24) is 4.90 Å². The molecular weight excluding hydrogens is 164 g/mol. The van der Waals surface area contributed by atoms with Crippen molar-refractivity contribution in [3.63, 3.8) is 0 Å². The van der Waals surface area contributed by atoms with Crippen molar-refractivity contribution < 1.29 is 4.42 Å². The lowest BCUT2D eigenvalue weighted by Gasteiger charge is -2.18. The Morgan fingerprint density at radius 2 is 2.23 bits per heavy atom. The van der Waals surface area contributed by atoms with Crippen LogP contribution in [0.25, 0.3) is 0 Å². The van der Waals surface area contributed by atoms with Gasteiger partial charge in [0.15, 0.2) is 6.04 Å². The smallest absolute Gasteiger partial charge is 0.156 e. The minimum Gasteiger partial charge on any atom is -0.467 e. The Morgan fingerprint density at radius 1 is 1.46 bits per heavy atom. The summed E-state index contributed by atoms with van der Waals surface area (Å²) in [7, 11) is 0. The molecule has 1 aliphatic heterocycles. The Kier molecular flexibility index (Phi) is 2.33. The molecule has 0 N–H and O–H groups in total. The van der Waals surface area contributed by atoms with Gasteiger partial charge in [-0.3, -0.25) is 4.90 Å². The van der Waals surface area contributed by atoms with Crippen molar-refractivity contribution in [2.45, 2.75) is 18.9 Å². The van der Waals surface area contributed by atoms with Gasteiger partial charge in [-0.05, 0) is 38.1 Å². The molecule has 1 unspecified atom stereocenters. The lowest BCUT2D eigenvalue weighted by atomic mass is 10.2. The molecule has 0 aliphatic carbocycles. The minimum absolute atomic E-state index is 0.183. The van der Waals surface area contributed by atoms with Crippen molar-refractivity contribution in [2.75, 3.05) is 13.1 Å². The molecule has 0 aromatic carbocycles. The van der Waals surface area contributed by atoms with Crippen LogP contribution in [0.2, 0.25) is 0 Å². The zero-order valence-corrected chi connectivity index (χ0v) is 7.44. The van der Waals surface area contributed by atoms with E-state index in [1.54, 1.807) is 6.26 Å². The predicted octanol–water partition coefficient (Wildman–Crippen LogP) is 1.94. The van der Waals surface area contributed by atoms with Gasteiger partial charge in [-0.15, -0.1) is 0 Å². The van der Waals surface area contributed by atoms with Gasteiger partial charge >= 0.3 is 0 Å². The van der Waals surface area contributed by atoms with E-state index in [0.717, 1.165) is 18.8 Å². The number of furan rings is 1. The highest BCUT2D eigenvalue weighted by Gasteiger charge is 2.24. The highest BCUT2D eigenvalue weighted by molar-refractivity contribution is 5.13. The molecule has 1 aromatic rings. The summed E-state index contributed by atoms with van der Waals surface area (Å²) >= 11 is 0. The van der Waals surface area contributed by atoms with Gasteiger partial charge < -0.3 is 4.42 Å². The number of rotatable bonds is 2. The second-order valence-electron chi connectivity index (χ2n) is 3.29. The summed E-state index contributed by atoms with van der Waals surface area (Å²) in [5.74, 6) is 0.768. The number of hydrogen-bond donors (Lipinski definition) is 0. The number of hydrogen-bond acceptors (Lipinski definition) is 3. The Hall–Kier alpha value is -1.27. The van der Waals surface area contributed by atoms with Crippen LogP contribution in [0, 0.1) is 11.3 Å². The molecule has 0 spiro atoms. The summed E-state index contributed by atoms with van der Waals surface area (Å²) < 4.78 is 5.23. The molecule has 0 bridgehead atoms. The number of nitrogens with zero attached hydrogens (tertiary/aromatic N) is 2. The van der Waals surface area contributed by atoms with Crippen molar-refractivity contribution in [3.8, 4) is 6.07 Å². The van der Waals surface area contributed by atoms with E-state index in [4.69, 9.17) is 9.68 Å².